The lowest BCUT2D eigenvalue weighted by Gasteiger charge is -2.59. The molecule has 3 fully saturated rings. The lowest BCUT2D eigenvalue weighted by Crippen LogP contribution is -2.52. The van der Waals surface area contributed by atoms with Crippen LogP contribution < -0.4 is 0 Å². The molecule has 0 aromatic rings. The van der Waals surface area contributed by atoms with Gasteiger partial charge in [-0.3, -0.25) is 4.79 Å². The Labute approximate surface area is 217 Å². The zero-order chi connectivity index (χ0) is 25.8. The van der Waals surface area contributed by atoms with Crippen LogP contribution in [-0.2, 0) is 14.0 Å². The topological polar surface area (TPSA) is 35.5 Å². The predicted molar refractivity (Wildman–Crippen MR) is 148 cm³/mol. The van der Waals surface area contributed by atoms with Crippen LogP contribution in [-0.4, -0.2) is 27.5 Å². The number of carbonyl (C=O) groups is 1. The maximum atomic E-state index is 11.8. The molecule has 0 bridgehead atoms. The number of carbonyl (C=O) groups excluding carboxylic acids is 1. The van der Waals surface area contributed by atoms with E-state index < -0.39 is 8.32 Å². The molecule has 0 amide bonds. The van der Waals surface area contributed by atoms with E-state index in [1.807, 2.05) is 0 Å². The van der Waals surface area contributed by atoms with Crippen molar-refractivity contribution in [1.82, 2.24) is 0 Å². The van der Waals surface area contributed by atoms with E-state index in [9.17, 15) is 4.79 Å². The summed E-state index contributed by atoms with van der Waals surface area (Å²) < 4.78 is 11.8. The maximum absolute atomic E-state index is 11.8. The Morgan fingerprint density at radius 2 is 1.83 bits per heavy atom. The molecule has 35 heavy (non-hydrogen) atoms. The molecular weight excluding hydrogens is 448 g/mol. The van der Waals surface area contributed by atoms with E-state index in [4.69, 9.17) is 9.16 Å². The van der Waals surface area contributed by atoms with Gasteiger partial charge in [-0.25, -0.2) is 0 Å². The van der Waals surface area contributed by atoms with Crippen molar-refractivity contribution < 1.29 is 14.0 Å². The average Bonchev–Trinajstić information content (AvgIpc) is 3.13. The minimum Gasteiger partial charge on any atom is -0.469 e. The average molecular weight is 503 g/mol. The minimum atomic E-state index is -1.73. The Bertz CT molecular complexity index is 826. The van der Waals surface area contributed by atoms with Crippen LogP contribution in [0.15, 0.2) is 11.6 Å². The molecule has 0 saturated heterocycles. The molecule has 4 rings (SSSR count). The van der Waals surface area contributed by atoms with Crippen molar-refractivity contribution in [3.63, 3.8) is 0 Å². The highest BCUT2D eigenvalue weighted by Crippen LogP contribution is 2.67. The maximum Gasteiger partial charge on any atom is 0.305 e. The van der Waals surface area contributed by atoms with Gasteiger partial charge in [0.2, 0.25) is 0 Å². The molecule has 0 heterocycles. The summed E-state index contributed by atoms with van der Waals surface area (Å²) in [6, 6.07) is 0. The van der Waals surface area contributed by atoms with Gasteiger partial charge in [0.1, 0.15) is 0 Å². The van der Waals surface area contributed by atoms with Crippen LogP contribution in [0.3, 0.4) is 0 Å². The third kappa shape index (κ3) is 4.85. The highest BCUT2D eigenvalue weighted by molar-refractivity contribution is 6.74. The molecule has 0 N–H and O–H groups in total. The van der Waals surface area contributed by atoms with E-state index in [2.05, 4.69) is 60.7 Å². The molecule has 4 aliphatic carbocycles. The quantitative estimate of drug-likeness (QED) is 0.207. The molecule has 0 aromatic heterocycles. The van der Waals surface area contributed by atoms with Crippen molar-refractivity contribution in [3.8, 4) is 0 Å². The number of fused-ring (bicyclic) bond motifs is 5. The summed E-state index contributed by atoms with van der Waals surface area (Å²) in [5.74, 6) is 3.85. The van der Waals surface area contributed by atoms with Crippen LogP contribution in [0.1, 0.15) is 106 Å². The molecule has 8 atom stereocenters. The first-order valence-electron chi connectivity index (χ1n) is 14.7. The zero-order valence-electron chi connectivity index (χ0n) is 24.3. The SMILES string of the molecule is COC(=O)CCC(C)C1CCC2C3CC=C4C[C@@H](O[Si](C)(C)C(C)(C)C)CCC4(C)C3CCC12C. The Hall–Kier alpha value is -0.613. The van der Waals surface area contributed by atoms with E-state index in [1.54, 1.807) is 5.57 Å². The van der Waals surface area contributed by atoms with E-state index in [-0.39, 0.29) is 11.0 Å². The summed E-state index contributed by atoms with van der Waals surface area (Å²) in [6.07, 6.45) is 15.2. The number of methoxy groups -OCH3 is 1. The molecule has 0 aromatic carbocycles. The van der Waals surface area contributed by atoms with Crippen LogP contribution in [0.25, 0.3) is 0 Å². The normalized spacial score (nSPS) is 40.3. The van der Waals surface area contributed by atoms with Crippen molar-refractivity contribution in [2.75, 3.05) is 7.11 Å². The fourth-order valence-corrected chi connectivity index (χ4v) is 10.3. The van der Waals surface area contributed by atoms with Crippen molar-refractivity contribution in [1.29, 1.82) is 0 Å². The van der Waals surface area contributed by atoms with Crippen molar-refractivity contribution >= 4 is 14.3 Å². The summed E-state index contributed by atoms with van der Waals surface area (Å²) >= 11 is 0. The van der Waals surface area contributed by atoms with E-state index in [0.717, 1.165) is 30.1 Å². The first-order valence-corrected chi connectivity index (χ1v) is 17.6. The van der Waals surface area contributed by atoms with Gasteiger partial charge in [0.15, 0.2) is 8.32 Å². The monoisotopic (exact) mass is 502 g/mol. The van der Waals surface area contributed by atoms with Gasteiger partial charge in [-0.2, -0.15) is 0 Å². The highest BCUT2D eigenvalue weighted by atomic mass is 28.4. The summed E-state index contributed by atoms with van der Waals surface area (Å²) in [4.78, 5) is 11.8. The number of allylic oxidation sites excluding steroid dienone is 1. The molecule has 4 aliphatic rings. The Morgan fingerprint density at radius 1 is 1.11 bits per heavy atom. The number of hydrogen-bond donors (Lipinski definition) is 0. The molecule has 3 saturated carbocycles. The number of rotatable bonds is 6. The standard InChI is InChI=1S/C31H54O3Si/c1-21(10-15-28(32)33-7)25-13-14-26-24-12-11-22-20-23(34-35(8,9)29(2,3)4)16-18-30(22,5)27(24)17-19-31(25,26)6/h11,21,23-27H,10,12-20H2,1-9H3/t21?,23-,24?,25?,26?,27?,30?,31?/m0/s1. The molecular formula is C31H54O3Si. The summed E-state index contributed by atoms with van der Waals surface area (Å²) in [5, 5.41) is 0.278. The van der Waals surface area contributed by atoms with Crippen LogP contribution in [0, 0.1) is 40.4 Å². The Morgan fingerprint density at radius 3 is 2.49 bits per heavy atom. The van der Waals surface area contributed by atoms with E-state index >= 15 is 0 Å². The highest BCUT2D eigenvalue weighted by Gasteiger charge is 2.59. The number of esters is 1. The van der Waals surface area contributed by atoms with Gasteiger partial charge < -0.3 is 9.16 Å². The fraction of sp³-hybridized carbons (Fsp3) is 0.903. The summed E-state index contributed by atoms with van der Waals surface area (Å²) in [6.45, 7) is 19.5. The molecule has 0 aliphatic heterocycles. The van der Waals surface area contributed by atoms with Gasteiger partial charge in [0, 0.05) is 12.5 Å². The van der Waals surface area contributed by atoms with Crippen molar-refractivity contribution in [3.05, 3.63) is 11.6 Å². The van der Waals surface area contributed by atoms with Gasteiger partial charge >= 0.3 is 5.97 Å². The van der Waals surface area contributed by atoms with Crippen LogP contribution in [0.4, 0.5) is 0 Å². The van der Waals surface area contributed by atoms with Gasteiger partial charge in [-0.1, -0.05) is 53.2 Å². The lowest BCUT2D eigenvalue weighted by molar-refractivity contribution is -0.141. The fourth-order valence-electron chi connectivity index (χ4n) is 8.95. The molecule has 4 heteroatoms. The number of hydrogen-bond acceptors (Lipinski definition) is 3. The van der Waals surface area contributed by atoms with Gasteiger partial charge in [-0.05, 0) is 116 Å². The first kappa shape index (κ1) is 27.4. The van der Waals surface area contributed by atoms with E-state index in [1.165, 1.54) is 58.5 Å². The predicted octanol–water partition coefficient (Wildman–Crippen LogP) is 8.55. The molecule has 200 valence electrons. The molecule has 7 unspecified atom stereocenters. The largest absolute Gasteiger partial charge is 0.469 e. The Balaban J connectivity index is 1.47. The van der Waals surface area contributed by atoms with Crippen LogP contribution in [0.5, 0.6) is 0 Å². The third-order valence-electron chi connectivity index (χ3n) is 12.1. The second-order valence-corrected chi connectivity index (χ2v) is 19.6. The van der Waals surface area contributed by atoms with Crippen LogP contribution in [0.2, 0.25) is 18.1 Å². The lowest BCUT2D eigenvalue weighted by atomic mass is 9.47. The summed E-state index contributed by atoms with van der Waals surface area (Å²) in [7, 11) is -0.213. The molecule has 0 spiro atoms. The first-order chi connectivity index (χ1) is 16.2. The molecule has 0 radical (unpaired) electrons. The number of ether oxygens (including phenoxy) is 1. The zero-order valence-corrected chi connectivity index (χ0v) is 25.3. The molecule has 3 nitrogen and oxygen atoms in total. The van der Waals surface area contributed by atoms with Gasteiger partial charge in [0.05, 0.1) is 7.11 Å². The van der Waals surface area contributed by atoms with Crippen molar-refractivity contribution in [2.24, 2.45) is 40.4 Å². The van der Waals surface area contributed by atoms with E-state index in [0.29, 0.717) is 29.3 Å². The van der Waals surface area contributed by atoms with Gasteiger partial charge in [0.25, 0.3) is 0 Å². The smallest absolute Gasteiger partial charge is 0.305 e. The van der Waals surface area contributed by atoms with Crippen LogP contribution >= 0.6 is 0 Å². The second-order valence-electron chi connectivity index (χ2n) is 14.8. The third-order valence-corrected chi connectivity index (χ3v) is 16.7. The minimum absolute atomic E-state index is 0.0498. The van der Waals surface area contributed by atoms with Gasteiger partial charge in [-0.15, -0.1) is 0 Å². The van der Waals surface area contributed by atoms with Crippen molar-refractivity contribution in [2.45, 2.75) is 130 Å². The summed E-state index contributed by atoms with van der Waals surface area (Å²) in [5.41, 5.74) is 2.56. The second kappa shape index (κ2) is 9.60. The Kier molecular flexibility index (Phi) is 7.52.